The summed E-state index contributed by atoms with van der Waals surface area (Å²) in [6.07, 6.45) is 1.44. The van der Waals surface area contributed by atoms with Crippen LogP contribution in [0, 0.1) is 6.92 Å². The summed E-state index contributed by atoms with van der Waals surface area (Å²) < 4.78 is 6.62. The largest absolute Gasteiger partial charge is 0.379 e. The van der Waals surface area contributed by atoms with E-state index < -0.39 is 0 Å². The molecule has 1 fully saturated rings. The number of nitrogens with zero attached hydrogens (tertiary/aromatic N) is 3. The molecule has 0 spiro atoms. The Hall–Kier alpha value is -1.93. The minimum Gasteiger partial charge on any atom is -0.379 e. The van der Waals surface area contributed by atoms with E-state index in [0.29, 0.717) is 13.0 Å². The fourth-order valence-electron chi connectivity index (χ4n) is 3.81. The van der Waals surface area contributed by atoms with E-state index in [1.165, 1.54) is 16.0 Å². The maximum absolute atomic E-state index is 13.3. The first-order valence-corrected chi connectivity index (χ1v) is 13.1. The van der Waals surface area contributed by atoms with Gasteiger partial charge in [0, 0.05) is 43.2 Å². The van der Waals surface area contributed by atoms with Crippen molar-refractivity contribution in [3.05, 3.63) is 53.6 Å². The van der Waals surface area contributed by atoms with Crippen LogP contribution in [-0.2, 0) is 16.0 Å². The molecule has 0 radical (unpaired) electrons. The monoisotopic (exact) mass is 469 g/mol. The predicted molar refractivity (Wildman–Crippen MR) is 135 cm³/mol. The highest BCUT2D eigenvalue weighted by molar-refractivity contribution is 7.99. The van der Waals surface area contributed by atoms with E-state index in [1.807, 2.05) is 4.90 Å². The number of aryl methyl sites for hydroxylation is 2. The number of benzene rings is 2. The molecule has 5 nitrogen and oxygen atoms in total. The Bertz CT molecular complexity index is 1030. The molecule has 32 heavy (non-hydrogen) atoms. The zero-order valence-electron chi connectivity index (χ0n) is 18.9. The number of anilines is 1. The number of ether oxygens (including phenoxy) is 1. The molecule has 0 saturated carbocycles. The van der Waals surface area contributed by atoms with Gasteiger partial charge in [-0.05, 0) is 37.1 Å². The van der Waals surface area contributed by atoms with Gasteiger partial charge in [0.2, 0.25) is 5.91 Å². The number of thioether (sulfide) groups is 1. The van der Waals surface area contributed by atoms with Crippen molar-refractivity contribution in [2.45, 2.75) is 31.6 Å². The van der Waals surface area contributed by atoms with Crippen LogP contribution in [0.5, 0.6) is 0 Å². The SMILES string of the molecule is CCc1cccc2sc(N(CCN3CCOCC3)C(=O)CCSc3ccc(C)cc3)nc12. The zero-order chi connectivity index (χ0) is 22.3. The van der Waals surface area contributed by atoms with Crippen molar-refractivity contribution in [3.63, 3.8) is 0 Å². The fraction of sp³-hybridized carbons (Fsp3) is 0.440. The van der Waals surface area contributed by atoms with Crippen molar-refractivity contribution in [2.24, 2.45) is 0 Å². The molecule has 4 rings (SSSR count). The van der Waals surface area contributed by atoms with Crippen molar-refractivity contribution in [3.8, 4) is 0 Å². The minimum atomic E-state index is 0.148. The lowest BCUT2D eigenvalue weighted by Gasteiger charge is -2.29. The minimum absolute atomic E-state index is 0.148. The van der Waals surface area contributed by atoms with E-state index in [1.54, 1.807) is 23.1 Å². The second kappa shape index (κ2) is 11.3. The summed E-state index contributed by atoms with van der Waals surface area (Å²) in [7, 11) is 0. The molecule has 1 aliphatic rings. The highest BCUT2D eigenvalue weighted by Gasteiger charge is 2.22. The van der Waals surface area contributed by atoms with Crippen LogP contribution in [0.3, 0.4) is 0 Å². The van der Waals surface area contributed by atoms with Crippen molar-refractivity contribution in [2.75, 3.05) is 50.0 Å². The van der Waals surface area contributed by atoms with Gasteiger partial charge in [-0.1, -0.05) is 48.1 Å². The molecule has 7 heteroatoms. The predicted octanol–water partition coefficient (Wildman–Crippen LogP) is 5.01. The van der Waals surface area contributed by atoms with Gasteiger partial charge in [-0.3, -0.25) is 14.6 Å². The normalized spacial score (nSPS) is 14.7. The van der Waals surface area contributed by atoms with Gasteiger partial charge in [-0.15, -0.1) is 11.8 Å². The number of para-hydroxylation sites is 1. The molecule has 1 aromatic heterocycles. The quantitative estimate of drug-likeness (QED) is 0.412. The average molecular weight is 470 g/mol. The van der Waals surface area contributed by atoms with Crippen molar-refractivity contribution < 1.29 is 9.53 Å². The number of carbonyl (C=O) groups is 1. The van der Waals surface area contributed by atoms with Gasteiger partial charge < -0.3 is 4.74 Å². The van der Waals surface area contributed by atoms with E-state index in [0.717, 1.165) is 60.4 Å². The molecule has 2 heterocycles. The van der Waals surface area contributed by atoms with Crippen molar-refractivity contribution in [1.29, 1.82) is 0 Å². The van der Waals surface area contributed by atoms with Crippen LogP contribution in [0.2, 0.25) is 0 Å². The molecule has 1 saturated heterocycles. The second-order valence-corrected chi connectivity index (χ2v) is 10.2. The molecule has 1 aliphatic heterocycles. The Balaban J connectivity index is 1.47. The summed E-state index contributed by atoms with van der Waals surface area (Å²) in [5.74, 6) is 0.913. The van der Waals surface area contributed by atoms with Gasteiger partial charge in [0.15, 0.2) is 5.13 Å². The van der Waals surface area contributed by atoms with Crippen molar-refractivity contribution >= 4 is 44.4 Å². The molecule has 2 aromatic carbocycles. The molecule has 0 unspecified atom stereocenters. The van der Waals surface area contributed by atoms with Crippen LogP contribution >= 0.6 is 23.1 Å². The molecular weight excluding hydrogens is 438 g/mol. The van der Waals surface area contributed by atoms with Gasteiger partial charge >= 0.3 is 0 Å². The number of hydrogen-bond donors (Lipinski definition) is 0. The average Bonchev–Trinajstić information content (AvgIpc) is 3.25. The topological polar surface area (TPSA) is 45.7 Å². The lowest BCUT2D eigenvalue weighted by molar-refractivity contribution is -0.118. The van der Waals surface area contributed by atoms with Gasteiger partial charge in [0.05, 0.1) is 23.4 Å². The van der Waals surface area contributed by atoms with E-state index in [-0.39, 0.29) is 5.91 Å². The van der Waals surface area contributed by atoms with E-state index in [9.17, 15) is 4.79 Å². The molecule has 170 valence electrons. The smallest absolute Gasteiger partial charge is 0.229 e. The first-order valence-electron chi connectivity index (χ1n) is 11.3. The zero-order valence-corrected chi connectivity index (χ0v) is 20.5. The Morgan fingerprint density at radius 1 is 1.19 bits per heavy atom. The summed E-state index contributed by atoms with van der Waals surface area (Å²) in [4.78, 5) is 23.7. The van der Waals surface area contributed by atoms with E-state index >= 15 is 0 Å². The maximum Gasteiger partial charge on any atom is 0.229 e. The molecule has 0 bridgehead atoms. The van der Waals surface area contributed by atoms with Gasteiger partial charge in [-0.25, -0.2) is 4.98 Å². The number of aromatic nitrogens is 1. The third-order valence-electron chi connectivity index (χ3n) is 5.75. The Morgan fingerprint density at radius 3 is 2.72 bits per heavy atom. The van der Waals surface area contributed by atoms with Gasteiger partial charge in [0.25, 0.3) is 0 Å². The number of thiazole rings is 1. The first kappa shape index (κ1) is 23.2. The van der Waals surface area contributed by atoms with Crippen LogP contribution in [0.4, 0.5) is 5.13 Å². The van der Waals surface area contributed by atoms with Gasteiger partial charge in [-0.2, -0.15) is 0 Å². The summed E-state index contributed by atoms with van der Waals surface area (Å²) in [5.41, 5.74) is 3.52. The van der Waals surface area contributed by atoms with Crippen LogP contribution in [0.1, 0.15) is 24.5 Å². The van der Waals surface area contributed by atoms with E-state index in [2.05, 4.69) is 61.2 Å². The highest BCUT2D eigenvalue weighted by Crippen LogP contribution is 2.31. The lowest BCUT2D eigenvalue weighted by atomic mass is 10.1. The second-order valence-electron chi connectivity index (χ2n) is 8.02. The molecule has 3 aromatic rings. The standard InChI is InChI=1S/C25H31N3O2S2/c1-3-20-5-4-6-22-24(20)26-25(32-22)28(13-12-27-14-16-30-17-15-27)23(29)11-18-31-21-9-7-19(2)8-10-21/h4-10H,3,11-18H2,1-2H3. The summed E-state index contributed by atoms with van der Waals surface area (Å²) in [6, 6.07) is 14.8. The number of carbonyl (C=O) groups excluding carboxylic acids is 1. The lowest BCUT2D eigenvalue weighted by Crippen LogP contribution is -2.43. The molecule has 1 amide bonds. The summed E-state index contributed by atoms with van der Waals surface area (Å²) in [5, 5.41) is 0.819. The van der Waals surface area contributed by atoms with Gasteiger partial charge in [0.1, 0.15) is 0 Å². The number of rotatable bonds is 9. The van der Waals surface area contributed by atoms with Crippen LogP contribution in [-0.4, -0.2) is 60.9 Å². The Morgan fingerprint density at radius 2 is 1.97 bits per heavy atom. The third kappa shape index (κ3) is 5.90. The van der Waals surface area contributed by atoms with E-state index in [4.69, 9.17) is 9.72 Å². The molecule has 0 N–H and O–H groups in total. The summed E-state index contributed by atoms with van der Waals surface area (Å²) in [6.45, 7) is 9.12. The molecule has 0 aliphatic carbocycles. The van der Waals surface area contributed by atoms with Crippen LogP contribution < -0.4 is 4.90 Å². The van der Waals surface area contributed by atoms with Crippen LogP contribution in [0.15, 0.2) is 47.4 Å². The fourth-order valence-corrected chi connectivity index (χ4v) is 5.71. The number of fused-ring (bicyclic) bond motifs is 1. The third-order valence-corrected chi connectivity index (χ3v) is 7.81. The number of morpholine rings is 1. The summed E-state index contributed by atoms with van der Waals surface area (Å²) >= 11 is 3.36. The Kier molecular flexibility index (Phi) is 8.19. The highest BCUT2D eigenvalue weighted by atomic mass is 32.2. The molecule has 0 atom stereocenters. The first-order chi connectivity index (χ1) is 15.6. The molecular formula is C25H31N3O2S2. The maximum atomic E-state index is 13.3. The van der Waals surface area contributed by atoms with Crippen LogP contribution in [0.25, 0.3) is 10.2 Å². The van der Waals surface area contributed by atoms with Crippen molar-refractivity contribution in [1.82, 2.24) is 9.88 Å². The number of hydrogen-bond acceptors (Lipinski definition) is 6. The Labute approximate surface area is 198 Å². The number of amides is 1.